The van der Waals surface area contributed by atoms with Crippen LogP contribution >= 0.6 is 11.6 Å². The summed E-state index contributed by atoms with van der Waals surface area (Å²) in [6, 6.07) is 4.14. The molecule has 0 bridgehead atoms. The summed E-state index contributed by atoms with van der Waals surface area (Å²) in [6.07, 6.45) is 1.95. The summed E-state index contributed by atoms with van der Waals surface area (Å²) < 4.78 is 13.5. The van der Waals surface area contributed by atoms with E-state index in [-0.39, 0.29) is 17.5 Å². The lowest BCUT2D eigenvalue weighted by molar-refractivity contribution is 0.0926. The third-order valence-corrected chi connectivity index (χ3v) is 3.04. The van der Waals surface area contributed by atoms with Crippen molar-refractivity contribution in [1.29, 1.82) is 0 Å². The third kappa shape index (κ3) is 3.17. The van der Waals surface area contributed by atoms with E-state index in [0.717, 1.165) is 32.0 Å². The lowest BCUT2D eigenvalue weighted by atomic mass is 10.1. The second kappa shape index (κ2) is 5.47. The smallest absolute Gasteiger partial charge is 0.254 e. The molecule has 1 saturated heterocycles. The maximum atomic E-state index is 13.5. The Morgan fingerprint density at radius 1 is 1.53 bits per heavy atom. The summed E-state index contributed by atoms with van der Waals surface area (Å²) >= 11 is 5.63. The van der Waals surface area contributed by atoms with Crippen LogP contribution < -0.4 is 10.6 Å². The van der Waals surface area contributed by atoms with Gasteiger partial charge in [0.2, 0.25) is 0 Å². The zero-order valence-electron chi connectivity index (χ0n) is 9.30. The highest BCUT2D eigenvalue weighted by Gasteiger charge is 2.18. The second-order valence-corrected chi connectivity index (χ2v) is 4.58. The predicted molar refractivity (Wildman–Crippen MR) is 64.8 cm³/mol. The van der Waals surface area contributed by atoms with E-state index < -0.39 is 5.82 Å². The quantitative estimate of drug-likeness (QED) is 0.849. The molecule has 17 heavy (non-hydrogen) atoms. The number of carbonyl (C=O) groups excluding carboxylic acids is 1. The zero-order chi connectivity index (χ0) is 12.3. The minimum absolute atomic E-state index is 0.0416. The van der Waals surface area contributed by atoms with Crippen molar-refractivity contribution in [1.82, 2.24) is 10.6 Å². The summed E-state index contributed by atoms with van der Waals surface area (Å²) in [5.74, 6) is -0.966. The standard InChI is InChI=1S/C12H14ClFN2O/c13-8-3-4-10(11(14)6-8)12(17)16-9-2-1-5-15-7-9/h3-4,6,9,15H,1-2,5,7H2,(H,16,17)/t9-/m1/s1. The van der Waals surface area contributed by atoms with Crippen molar-refractivity contribution in [3.63, 3.8) is 0 Å². The van der Waals surface area contributed by atoms with Gasteiger partial charge in [0.1, 0.15) is 5.82 Å². The Kier molecular flexibility index (Phi) is 3.97. The van der Waals surface area contributed by atoms with Crippen LogP contribution in [-0.4, -0.2) is 25.0 Å². The molecule has 0 saturated carbocycles. The van der Waals surface area contributed by atoms with Gasteiger partial charge in [-0.05, 0) is 37.6 Å². The Labute approximate surface area is 104 Å². The lowest BCUT2D eigenvalue weighted by Crippen LogP contribution is -2.45. The molecule has 1 aromatic rings. The van der Waals surface area contributed by atoms with Crippen LogP contribution in [0.2, 0.25) is 5.02 Å². The number of hydrogen-bond donors (Lipinski definition) is 2. The Hall–Kier alpha value is -1.13. The predicted octanol–water partition coefficient (Wildman–Crippen LogP) is 1.96. The van der Waals surface area contributed by atoms with Gasteiger partial charge >= 0.3 is 0 Å². The van der Waals surface area contributed by atoms with Crippen LogP contribution in [0.15, 0.2) is 18.2 Å². The van der Waals surface area contributed by atoms with Gasteiger partial charge in [-0.25, -0.2) is 4.39 Å². The highest BCUT2D eigenvalue weighted by Crippen LogP contribution is 2.15. The molecule has 1 amide bonds. The largest absolute Gasteiger partial charge is 0.348 e. The molecule has 92 valence electrons. The maximum absolute atomic E-state index is 13.5. The van der Waals surface area contributed by atoms with Crippen molar-refractivity contribution in [3.8, 4) is 0 Å². The highest BCUT2D eigenvalue weighted by molar-refractivity contribution is 6.30. The molecule has 0 spiro atoms. The van der Waals surface area contributed by atoms with Crippen LogP contribution in [0.5, 0.6) is 0 Å². The molecule has 1 fully saturated rings. The Bertz CT molecular complexity index is 419. The third-order valence-electron chi connectivity index (χ3n) is 2.81. The van der Waals surface area contributed by atoms with E-state index in [1.54, 1.807) is 0 Å². The van der Waals surface area contributed by atoms with E-state index >= 15 is 0 Å². The van der Waals surface area contributed by atoms with Crippen molar-refractivity contribution >= 4 is 17.5 Å². The fourth-order valence-electron chi connectivity index (χ4n) is 1.91. The number of carbonyl (C=O) groups is 1. The molecule has 1 aromatic carbocycles. The fraction of sp³-hybridized carbons (Fsp3) is 0.417. The molecular weight excluding hydrogens is 243 g/mol. The van der Waals surface area contributed by atoms with Crippen molar-refractivity contribution in [2.24, 2.45) is 0 Å². The van der Waals surface area contributed by atoms with E-state index in [9.17, 15) is 9.18 Å². The van der Waals surface area contributed by atoms with Crippen LogP contribution in [0.1, 0.15) is 23.2 Å². The molecule has 1 aliphatic heterocycles. The first-order valence-electron chi connectivity index (χ1n) is 5.63. The SMILES string of the molecule is O=C(N[C@@H]1CCCNC1)c1ccc(Cl)cc1F. The number of hydrogen-bond acceptors (Lipinski definition) is 2. The fourth-order valence-corrected chi connectivity index (χ4v) is 2.07. The van der Waals surface area contributed by atoms with Gasteiger partial charge in [0.15, 0.2) is 0 Å². The Morgan fingerprint density at radius 2 is 2.35 bits per heavy atom. The van der Waals surface area contributed by atoms with Crippen molar-refractivity contribution < 1.29 is 9.18 Å². The minimum atomic E-state index is -0.584. The molecule has 0 aromatic heterocycles. The average Bonchev–Trinajstić information content (AvgIpc) is 2.30. The first-order valence-corrected chi connectivity index (χ1v) is 6.01. The number of halogens is 2. The zero-order valence-corrected chi connectivity index (χ0v) is 10.1. The summed E-state index contributed by atoms with van der Waals surface area (Å²) in [5.41, 5.74) is 0.0416. The molecule has 3 nitrogen and oxygen atoms in total. The molecule has 2 rings (SSSR count). The van der Waals surface area contributed by atoms with E-state index in [0.29, 0.717) is 5.02 Å². The highest BCUT2D eigenvalue weighted by atomic mass is 35.5. The average molecular weight is 257 g/mol. The number of piperidine rings is 1. The molecule has 1 aliphatic rings. The van der Waals surface area contributed by atoms with Crippen LogP contribution in [0, 0.1) is 5.82 Å². The molecule has 1 heterocycles. The first kappa shape index (κ1) is 12.3. The van der Waals surface area contributed by atoms with Gasteiger partial charge in [-0.1, -0.05) is 11.6 Å². The van der Waals surface area contributed by atoms with Gasteiger partial charge in [-0.2, -0.15) is 0 Å². The van der Waals surface area contributed by atoms with Gasteiger partial charge < -0.3 is 10.6 Å². The monoisotopic (exact) mass is 256 g/mol. The molecule has 1 atom stereocenters. The van der Waals surface area contributed by atoms with Gasteiger partial charge in [0.05, 0.1) is 5.56 Å². The second-order valence-electron chi connectivity index (χ2n) is 4.14. The molecule has 2 N–H and O–H groups in total. The normalized spacial score (nSPS) is 20.0. The van der Waals surface area contributed by atoms with E-state index in [4.69, 9.17) is 11.6 Å². The molecule has 5 heteroatoms. The number of benzene rings is 1. The van der Waals surface area contributed by atoms with Gasteiger partial charge in [-0.3, -0.25) is 4.79 Å². The lowest BCUT2D eigenvalue weighted by Gasteiger charge is -2.23. The molecular formula is C12H14ClFN2O. The minimum Gasteiger partial charge on any atom is -0.348 e. The number of amides is 1. The molecule has 0 unspecified atom stereocenters. The van der Waals surface area contributed by atoms with Crippen molar-refractivity contribution in [3.05, 3.63) is 34.6 Å². The maximum Gasteiger partial charge on any atom is 0.254 e. The van der Waals surface area contributed by atoms with Crippen molar-refractivity contribution in [2.75, 3.05) is 13.1 Å². The van der Waals surface area contributed by atoms with Gasteiger partial charge in [0.25, 0.3) is 5.91 Å². The van der Waals surface area contributed by atoms with E-state index in [1.807, 2.05) is 0 Å². The van der Waals surface area contributed by atoms with Crippen LogP contribution in [0.3, 0.4) is 0 Å². The molecule has 0 radical (unpaired) electrons. The van der Waals surface area contributed by atoms with Crippen LogP contribution in [0.25, 0.3) is 0 Å². The Balaban J connectivity index is 2.03. The summed E-state index contributed by atoms with van der Waals surface area (Å²) in [7, 11) is 0. The van der Waals surface area contributed by atoms with E-state index in [1.165, 1.54) is 12.1 Å². The number of nitrogens with one attached hydrogen (secondary N) is 2. The van der Waals surface area contributed by atoms with E-state index in [2.05, 4.69) is 10.6 Å². The van der Waals surface area contributed by atoms with Gasteiger partial charge in [0, 0.05) is 17.6 Å². The first-order chi connectivity index (χ1) is 8.16. The number of rotatable bonds is 2. The Morgan fingerprint density at radius 3 is 3.00 bits per heavy atom. The summed E-state index contributed by atoms with van der Waals surface area (Å²) in [6.45, 7) is 1.71. The van der Waals surface area contributed by atoms with Crippen LogP contribution in [0.4, 0.5) is 4.39 Å². The summed E-state index contributed by atoms with van der Waals surface area (Å²) in [5, 5.41) is 6.29. The van der Waals surface area contributed by atoms with Crippen molar-refractivity contribution in [2.45, 2.75) is 18.9 Å². The summed E-state index contributed by atoms with van der Waals surface area (Å²) in [4.78, 5) is 11.8. The molecule has 0 aliphatic carbocycles. The van der Waals surface area contributed by atoms with Crippen LogP contribution in [-0.2, 0) is 0 Å². The topological polar surface area (TPSA) is 41.1 Å². The van der Waals surface area contributed by atoms with Gasteiger partial charge in [-0.15, -0.1) is 0 Å².